The number of likely N-dealkylation sites (tertiary alicyclic amines) is 1. The number of fused-ring (bicyclic) bond motifs is 2. The monoisotopic (exact) mass is 509 g/mol. The van der Waals surface area contributed by atoms with Gasteiger partial charge in [0.25, 0.3) is 11.5 Å². The van der Waals surface area contributed by atoms with Crippen LogP contribution in [-0.4, -0.2) is 68.1 Å². The minimum Gasteiger partial charge on any atom is -0.475 e. The fourth-order valence-electron chi connectivity index (χ4n) is 4.36. The Morgan fingerprint density at radius 2 is 1.78 bits per heavy atom. The number of alkyl halides is 3. The van der Waals surface area contributed by atoms with Gasteiger partial charge in [-0.15, -0.1) is 0 Å². The van der Waals surface area contributed by atoms with Crippen LogP contribution in [0, 0.1) is 0 Å². The number of amides is 2. The molecule has 194 valence electrons. The van der Waals surface area contributed by atoms with Crippen molar-refractivity contribution in [3.63, 3.8) is 0 Å². The number of nitrogens with one attached hydrogen (secondary N) is 1. The summed E-state index contributed by atoms with van der Waals surface area (Å²) in [5.41, 5.74) is 0.310. The average molecular weight is 509 g/mol. The molecule has 2 aromatic heterocycles. The van der Waals surface area contributed by atoms with Gasteiger partial charge in [-0.05, 0) is 31.4 Å². The van der Waals surface area contributed by atoms with Gasteiger partial charge < -0.3 is 19.9 Å². The van der Waals surface area contributed by atoms with Crippen LogP contribution in [0.25, 0.3) is 0 Å². The van der Waals surface area contributed by atoms with E-state index in [1.54, 1.807) is 19.3 Å². The average Bonchev–Trinajstić information content (AvgIpc) is 3.16. The van der Waals surface area contributed by atoms with Gasteiger partial charge in [0.05, 0.1) is 0 Å². The maximum Gasteiger partial charge on any atom is 0.490 e. The minimum atomic E-state index is -5.08. The predicted octanol–water partition coefficient (Wildman–Crippen LogP) is 1.53. The third-order valence-corrected chi connectivity index (χ3v) is 6.35. The first-order valence-electron chi connectivity index (χ1n) is 11.3. The molecule has 0 bridgehead atoms. The fourth-order valence-corrected chi connectivity index (χ4v) is 4.36. The number of nitrogens with zero attached hydrogens (tertiary/aromatic N) is 4. The number of carboxylic acids is 1. The highest BCUT2D eigenvalue weighted by Crippen LogP contribution is 2.41. The van der Waals surface area contributed by atoms with Gasteiger partial charge in [0.1, 0.15) is 11.4 Å². The summed E-state index contributed by atoms with van der Waals surface area (Å²) < 4.78 is 33.7. The van der Waals surface area contributed by atoms with Crippen molar-refractivity contribution in [3.05, 3.63) is 58.0 Å². The quantitative estimate of drug-likeness (QED) is 0.638. The largest absolute Gasteiger partial charge is 0.490 e. The van der Waals surface area contributed by atoms with Crippen molar-refractivity contribution in [3.8, 4) is 0 Å². The van der Waals surface area contributed by atoms with E-state index in [2.05, 4.69) is 15.3 Å². The summed E-state index contributed by atoms with van der Waals surface area (Å²) in [5, 5.41) is 9.92. The third kappa shape index (κ3) is 6.26. The molecule has 1 spiro atoms. The second-order valence-electron chi connectivity index (χ2n) is 8.64. The van der Waals surface area contributed by atoms with Crippen molar-refractivity contribution in [2.45, 2.75) is 50.7 Å². The Morgan fingerprint density at radius 3 is 2.33 bits per heavy atom. The van der Waals surface area contributed by atoms with Gasteiger partial charge in [-0.3, -0.25) is 19.4 Å². The molecule has 0 saturated carbocycles. The molecule has 36 heavy (non-hydrogen) atoms. The summed E-state index contributed by atoms with van der Waals surface area (Å²) in [6.07, 6.45) is 1.36. The van der Waals surface area contributed by atoms with Crippen molar-refractivity contribution in [2.75, 3.05) is 19.6 Å². The number of halogens is 3. The summed E-state index contributed by atoms with van der Waals surface area (Å²) in [5.74, 6) is -2.31. The Bertz CT molecular complexity index is 1170. The summed E-state index contributed by atoms with van der Waals surface area (Å²) in [6, 6.07) is 5.64. The van der Waals surface area contributed by atoms with E-state index in [0.717, 1.165) is 37.3 Å². The number of aryl methyl sites for hydroxylation is 1. The van der Waals surface area contributed by atoms with Gasteiger partial charge in [0.2, 0.25) is 5.91 Å². The summed E-state index contributed by atoms with van der Waals surface area (Å²) in [4.78, 5) is 56.0. The molecular formula is C23H26F3N5O5. The lowest BCUT2D eigenvalue weighted by Gasteiger charge is -2.38. The molecule has 2 aliphatic rings. The number of aliphatic carboxylic acids is 1. The molecule has 0 aromatic carbocycles. The molecule has 2 N–H and O–H groups in total. The van der Waals surface area contributed by atoms with Crippen LogP contribution < -0.4 is 10.9 Å². The zero-order chi connectivity index (χ0) is 26.5. The van der Waals surface area contributed by atoms with Crippen LogP contribution in [0.5, 0.6) is 0 Å². The summed E-state index contributed by atoms with van der Waals surface area (Å²) in [7, 11) is 0. The Hall–Kier alpha value is -3.77. The maximum atomic E-state index is 12.6. The molecule has 2 amide bonds. The van der Waals surface area contributed by atoms with Gasteiger partial charge in [-0.25, -0.2) is 4.79 Å². The molecular weight excluding hydrogens is 483 g/mol. The van der Waals surface area contributed by atoms with Crippen molar-refractivity contribution in [2.24, 2.45) is 0 Å². The Labute approximate surface area is 204 Å². The molecule has 2 aliphatic heterocycles. The molecule has 4 heterocycles. The molecule has 0 radical (unpaired) electrons. The van der Waals surface area contributed by atoms with Crippen molar-refractivity contribution >= 4 is 17.8 Å². The molecule has 0 unspecified atom stereocenters. The van der Waals surface area contributed by atoms with Gasteiger partial charge in [0, 0.05) is 63.0 Å². The number of hydrogen-bond donors (Lipinski definition) is 2. The second-order valence-corrected chi connectivity index (χ2v) is 8.64. The lowest BCUT2D eigenvalue weighted by Crippen LogP contribution is -2.44. The topological polar surface area (TPSA) is 134 Å². The van der Waals surface area contributed by atoms with E-state index in [4.69, 9.17) is 9.90 Å². The van der Waals surface area contributed by atoms with Gasteiger partial charge >= 0.3 is 12.1 Å². The zero-order valence-corrected chi connectivity index (χ0v) is 19.5. The Balaban J connectivity index is 0.000000454. The van der Waals surface area contributed by atoms with E-state index in [1.807, 2.05) is 27.7 Å². The second kappa shape index (κ2) is 10.9. The minimum absolute atomic E-state index is 0.0768. The molecule has 13 heteroatoms. The lowest BCUT2D eigenvalue weighted by atomic mass is 9.76. The number of pyridine rings is 1. The highest BCUT2D eigenvalue weighted by atomic mass is 19.4. The number of carbonyl (C=O) groups excluding carboxylic acids is 2. The molecule has 0 atom stereocenters. The van der Waals surface area contributed by atoms with E-state index in [0.29, 0.717) is 26.1 Å². The van der Waals surface area contributed by atoms with E-state index in [9.17, 15) is 27.6 Å². The molecule has 1 saturated heterocycles. The van der Waals surface area contributed by atoms with Crippen LogP contribution in [0.15, 0.2) is 35.4 Å². The van der Waals surface area contributed by atoms with Crippen LogP contribution in [0.1, 0.15) is 48.1 Å². The van der Waals surface area contributed by atoms with E-state index in [-0.39, 0.29) is 16.9 Å². The smallest absolute Gasteiger partial charge is 0.475 e. The Kier molecular flexibility index (Phi) is 8.10. The standard InChI is InChI=1S/C21H25N5O3.C2HF3O2/c1-15(27)25-11-6-21(7-12-25)8-13-26-14-17(19(29)24-20(21)26)18(28)23-10-5-16-4-2-3-9-22-16;3-2(4,5)1(6)7/h2-4,9,14H,5-8,10-13H2,1H3,(H,23,28);(H,6,7). The molecule has 4 rings (SSSR count). The van der Waals surface area contributed by atoms with E-state index < -0.39 is 23.6 Å². The normalized spacial score (nSPS) is 16.1. The van der Waals surface area contributed by atoms with Crippen LogP contribution in [0.3, 0.4) is 0 Å². The first-order chi connectivity index (χ1) is 16.9. The molecule has 0 aliphatic carbocycles. The van der Waals surface area contributed by atoms with E-state index >= 15 is 0 Å². The summed E-state index contributed by atoms with van der Waals surface area (Å²) in [6.45, 7) is 4.09. The van der Waals surface area contributed by atoms with Crippen LogP contribution in [-0.2, 0) is 28.0 Å². The number of carboxylic acid groups (broad SMARTS) is 1. The molecule has 2 aromatic rings. The first-order valence-corrected chi connectivity index (χ1v) is 11.3. The number of piperidine rings is 1. The number of hydrogen-bond acceptors (Lipinski definition) is 6. The summed E-state index contributed by atoms with van der Waals surface area (Å²) >= 11 is 0. The van der Waals surface area contributed by atoms with Gasteiger partial charge in [-0.2, -0.15) is 18.2 Å². The Morgan fingerprint density at radius 1 is 1.14 bits per heavy atom. The highest BCUT2D eigenvalue weighted by Gasteiger charge is 2.43. The van der Waals surface area contributed by atoms with Crippen LogP contribution in [0.4, 0.5) is 13.2 Å². The SMILES string of the molecule is CC(=O)N1CCC2(CC1)CCn1cc(C(=O)NCCc3ccccn3)c(=O)nc12.O=C(O)C(F)(F)F. The van der Waals surface area contributed by atoms with Crippen LogP contribution in [0.2, 0.25) is 0 Å². The van der Waals surface area contributed by atoms with Crippen molar-refractivity contribution in [1.29, 1.82) is 0 Å². The number of carbonyl (C=O) groups is 3. The number of rotatable bonds is 4. The van der Waals surface area contributed by atoms with Gasteiger partial charge in [0.15, 0.2) is 0 Å². The fraction of sp³-hybridized carbons (Fsp3) is 0.478. The molecule has 10 nitrogen and oxygen atoms in total. The lowest BCUT2D eigenvalue weighted by molar-refractivity contribution is -0.192. The highest BCUT2D eigenvalue weighted by molar-refractivity contribution is 5.93. The van der Waals surface area contributed by atoms with Crippen molar-refractivity contribution < 1.29 is 32.7 Å². The van der Waals surface area contributed by atoms with Crippen LogP contribution >= 0.6 is 0 Å². The predicted molar refractivity (Wildman–Crippen MR) is 120 cm³/mol. The van der Waals surface area contributed by atoms with Crippen molar-refractivity contribution in [1.82, 2.24) is 24.8 Å². The van der Waals surface area contributed by atoms with E-state index in [1.165, 1.54) is 0 Å². The maximum absolute atomic E-state index is 12.6. The first kappa shape index (κ1) is 26.8. The number of aromatic nitrogens is 3. The zero-order valence-electron chi connectivity index (χ0n) is 19.5. The third-order valence-electron chi connectivity index (χ3n) is 6.35. The van der Waals surface area contributed by atoms with Gasteiger partial charge in [-0.1, -0.05) is 6.07 Å². The molecule has 1 fully saturated rings.